The van der Waals surface area contributed by atoms with Gasteiger partial charge >= 0.3 is 0 Å². The lowest BCUT2D eigenvalue weighted by Crippen LogP contribution is -2.25. The highest BCUT2D eigenvalue weighted by Crippen LogP contribution is 2.13. The molecule has 1 amide bonds. The molecule has 0 aliphatic carbocycles. The highest BCUT2D eigenvalue weighted by molar-refractivity contribution is 5.92. The average Bonchev–Trinajstić information content (AvgIpc) is 2.45. The molecule has 2 rings (SSSR count). The first-order valence-electron chi connectivity index (χ1n) is 6.65. The zero-order valence-electron chi connectivity index (χ0n) is 11.7. The molecule has 0 fully saturated rings. The van der Waals surface area contributed by atoms with Gasteiger partial charge in [-0.3, -0.25) is 4.79 Å². The van der Waals surface area contributed by atoms with Crippen LogP contribution in [-0.4, -0.2) is 22.4 Å². The molecule has 104 valence electrons. The van der Waals surface area contributed by atoms with Crippen molar-refractivity contribution in [3.63, 3.8) is 0 Å². The summed E-state index contributed by atoms with van der Waals surface area (Å²) in [7, 11) is 0. The first-order valence-corrected chi connectivity index (χ1v) is 6.65. The van der Waals surface area contributed by atoms with Crippen molar-refractivity contribution in [2.75, 3.05) is 11.9 Å². The van der Waals surface area contributed by atoms with Gasteiger partial charge in [0.1, 0.15) is 5.69 Å². The lowest BCUT2D eigenvalue weighted by atomic mass is 10.3. The zero-order valence-corrected chi connectivity index (χ0v) is 11.7. The number of anilines is 2. The van der Waals surface area contributed by atoms with Gasteiger partial charge in [0.05, 0.1) is 0 Å². The third-order valence-electron chi connectivity index (χ3n) is 2.65. The first kappa shape index (κ1) is 14.0. The standard InChI is InChI=1S/C15H18N4O/c1-3-9-16-14(20)13-10-11(2)17-15(19-13)18-12-7-5-4-6-8-12/h4-8,10H,3,9H2,1-2H3,(H,16,20)(H,17,18,19). The highest BCUT2D eigenvalue weighted by Gasteiger charge is 2.09. The molecule has 5 nitrogen and oxygen atoms in total. The number of aryl methyl sites for hydroxylation is 1. The minimum absolute atomic E-state index is 0.173. The third-order valence-corrected chi connectivity index (χ3v) is 2.65. The number of hydrogen-bond donors (Lipinski definition) is 2. The van der Waals surface area contributed by atoms with Crippen molar-refractivity contribution in [3.05, 3.63) is 47.8 Å². The zero-order chi connectivity index (χ0) is 14.4. The number of para-hydroxylation sites is 1. The smallest absolute Gasteiger partial charge is 0.270 e. The number of nitrogens with one attached hydrogen (secondary N) is 2. The van der Waals surface area contributed by atoms with Crippen LogP contribution in [0.2, 0.25) is 0 Å². The van der Waals surface area contributed by atoms with Gasteiger partial charge in [-0.1, -0.05) is 25.1 Å². The Morgan fingerprint density at radius 3 is 2.65 bits per heavy atom. The maximum absolute atomic E-state index is 11.9. The van der Waals surface area contributed by atoms with Crippen LogP contribution in [0.15, 0.2) is 36.4 Å². The molecule has 0 spiro atoms. The molecule has 1 heterocycles. The number of hydrogen-bond acceptors (Lipinski definition) is 4. The summed E-state index contributed by atoms with van der Waals surface area (Å²) in [5.74, 6) is 0.256. The highest BCUT2D eigenvalue weighted by atomic mass is 16.1. The lowest BCUT2D eigenvalue weighted by molar-refractivity contribution is 0.0948. The Morgan fingerprint density at radius 2 is 1.95 bits per heavy atom. The summed E-state index contributed by atoms with van der Waals surface area (Å²) in [5, 5.41) is 5.90. The second-order valence-electron chi connectivity index (χ2n) is 4.47. The molecule has 0 aliphatic rings. The quantitative estimate of drug-likeness (QED) is 0.876. The number of carbonyl (C=O) groups excluding carboxylic acids is 1. The molecule has 0 bridgehead atoms. The molecule has 0 radical (unpaired) electrons. The van der Waals surface area contributed by atoms with Crippen LogP contribution in [0.5, 0.6) is 0 Å². The topological polar surface area (TPSA) is 66.9 Å². The largest absolute Gasteiger partial charge is 0.351 e. The van der Waals surface area contributed by atoms with Crippen molar-refractivity contribution in [2.24, 2.45) is 0 Å². The van der Waals surface area contributed by atoms with Gasteiger partial charge in [0.2, 0.25) is 5.95 Å². The monoisotopic (exact) mass is 270 g/mol. The number of benzene rings is 1. The van der Waals surface area contributed by atoms with Gasteiger partial charge in [0.15, 0.2) is 0 Å². The van der Waals surface area contributed by atoms with Crippen molar-refractivity contribution >= 4 is 17.5 Å². The lowest BCUT2D eigenvalue weighted by Gasteiger charge is -2.08. The average molecular weight is 270 g/mol. The molecule has 0 saturated carbocycles. The van der Waals surface area contributed by atoms with E-state index in [9.17, 15) is 4.79 Å². The Labute approximate surface area is 118 Å². The van der Waals surface area contributed by atoms with E-state index in [1.54, 1.807) is 6.07 Å². The molecule has 1 aromatic carbocycles. The molecular formula is C15H18N4O. The predicted octanol–water partition coefficient (Wildman–Crippen LogP) is 2.67. The third kappa shape index (κ3) is 3.78. The van der Waals surface area contributed by atoms with Gasteiger partial charge in [-0.25, -0.2) is 9.97 Å². The molecule has 0 atom stereocenters. The van der Waals surface area contributed by atoms with Crippen LogP contribution in [0.3, 0.4) is 0 Å². The van der Waals surface area contributed by atoms with E-state index in [2.05, 4.69) is 20.6 Å². The molecular weight excluding hydrogens is 252 g/mol. The fourth-order valence-corrected chi connectivity index (χ4v) is 1.72. The second-order valence-corrected chi connectivity index (χ2v) is 4.47. The van der Waals surface area contributed by atoms with Crippen molar-refractivity contribution in [2.45, 2.75) is 20.3 Å². The van der Waals surface area contributed by atoms with Gasteiger partial charge in [-0.2, -0.15) is 0 Å². The Bertz CT molecular complexity index is 584. The first-order chi connectivity index (χ1) is 9.69. The fourth-order valence-electron chi connectivity index (χ4n) is 1.72. The summed E-state index contributed by atoms with van der Waals surface area (Å²) in [4.78, 5) is 20.5. The van der Waals surface area contributed by atoms with E-state index in [4.69, 9.17) is 0 Å². The molecule has 5 heteroatoms. The molecule has 0 unspecified atom stereocenters. The summed E-state index contributed by atoms with van der Waals surface area (Å²) in [6, 6.07) is 11.3. The number of aromatic nitrogens is 2. The van der Waals surface area contributed by atoms with E-state index in [1.165, 1.54) is 0 Å². The van der Waals surface area contributed by atoms with E-state index in [0.29, 0.717) is 18.2 Å². The maximum Gasteiger partial charge on any atom is 0.270 e. The van der Waals surface area contributed by atoms with Crippen LogP contribution >= 0.6 is 0 Å². The Hall–Kier alpha value is -2.43. The summed E-state index contributed by atoms with van der Waals surface area (Å²) >= 11 is 0. The summed E-state index contributed by atoms with van der Waals surface area (Å²) < 4.78 is 0. The molecule has 2 N–H and O–H groups in total. The van der Waals surface area contributed by atoms with Crippen molar-refractivity contribution in [1.29, 1.82) is 0 Å². The van der Waals surface area contributed by atoms with Gasteiger partial charge in [-0.15, -0.1) is 0 Å². The van der Waals surface area contributed by atoms with Crippen LogP contribution in [0, 0.1) is 6.92 Å². The van der Waals surface area contributed by atoms with Crippen LogP contribution < -0.4 is 10.6 Å². The fraction of sp³-hybridized carbons (Fsp3) is 0.267. The molecule has 2 aromatic rings. The van der Waals surface area contributed by atoms with Crippen LogP contribution in [0.4, 0.5) is 11.6 Å². The Kier molecular flexibility index (Phi) is 4.65. The Morgan fingerprint density at radius 1 is 1.20 bits per heavy atom. The van der Waals surface area contributed by atoms with Crippen molar-refractivity contribution in [1.82, 2.24) is 15.3 Å². The van der Waals surface area contributed by atoms with Crippen LogP contribution in [0.1, 0.15) is 29.5 Å². The molecule has 20 heavy (non-hydrogen) atoms. The predicted molar refractivity (Wildman–Crippen MR) is 79.1 cm³/mol. The maximum atomic E-state index is 11.9. The second kappa shape index (κ2) is 6.65. The van der Waals surface area contributed by atoms with E-state index in [-0.39, 0.29) is 5.91 Å². The Balaban J connectivity index is 2.18. The molecule has 0 saturated heterocycles. The van der Waals surface area contributed by atoms with Gasteiger partial charge in [0, 0.05) is 17.9 Å². The van der Waals surface area contributed by atoms with Crippen LogP contribution in [-0.2, 0) is 0 Å². The normalized spacial score (nSPS) is 10.1. The summed E-state index contributed by atoms with van der Waals surface area (Å²) in [6.07, 6.45) is 0.894. The number of carbonyl (C=O) groups is 1. The summed E-state index contributed by atoms with van der Waals surface area (Å²) in [5.41, 5.74) is 2.02. The number of amides is 1. The van der Waals surface area contributed by atoms with E-state index >= 15 is 0 Å². The molecule has 1 aromatic heterocycles. The van der Waals surface area contributed by atoms with Crippen molar-refractivity contribution in [3.8, 4) is 0 Å². The van der Waals surface area contributed by atoms with Gasteiger partial charge in [0.25, 0.3) is 5.91 Å². The minimum atomic E-state index is -0.173. The van der Waals surface area contributed by atoms with Crippen molar-refractivity contribution < 1.29 is 4.79 Å². The van der Waals surface area contributed by atoms with Crippen LogP contribution in [0.25, 0.3) is 0 Å². The van der Waals surface area contributed by atoms with Gasteiger partial charge < -0.3 is 10.6 Å². The molecule has 0 aliphatic heterocycles. The van der Waals surface area contributed by atoms with E-state index < -0.39 is 0 Å². The summed E-state index contributed by atoms with van der Waals surface area (Å²) in [6.45, 7) is 4.49. The SMILES string of the molecule is CCCNC(=O)c1cc(C)nc(Nc2ccccc2)n1. The minimum Gasteiger partial charge on any atom is -0.351 e. The van der Waals surface area contributed by atoms with Gasteiger partial charge in [-0.05, 0) is 31.5 Å². The number of rotatable bonds is 5. The van der Waals surface area contributed by atoms with E-state index in [0.717, 1.165) is 17.8 Å². The van der Waals surface area contributed by atoms with E-state index in [1.807, 2.05) is 44.2 Å². The number of nitrogens with zero attached hydrogens (tertiary/aromatic N) is 2.